The average molecular weight is 389 g/mol. The van der Waals surface area contributed by atoms with Crippen molar-refractivity contribution in [3.8, 4) is 11.5 Å². The number of carbonyl (C=O) groups excluding carboxylic acids is 2. The molecular weight excluding hydrogens is 370 g/mol. The van der Waals surface area contributed by atoms with Crippen molar-refractivity contribution >= 4 is 29.0 Å². The number of nitrogens with one attached hydrogen (secondary N) is 1. The monoisotopic (exact) mass is 389 g/mol. The molecule has 1 saturated heterocycles. The third kappa shape index (κ3) is 3.21. The molecule has 1 aromatic heterocycles. The lowest BCUT2D eigenvalue weighted by Crippen LogP contribution is -2.52. The summed E-state index contributed by atoms with van der Waals surface area (Å²) in [5.74, 6) is -0.137. The molecule has 0 radical (unpaired) electrons. The molecule has 0 bridgehead atoms. The van der Waals surface area contributed by atoms with Gasteiger partial charge in [-0.3, -0.25) is 0 Å². The van der Waals surface area contributed by atoms with E-state index < -0.39 is 23.6 Å². The highest BCUT2D eigenvalue weighted by molar-refractivity contribution is 7.10. The van der Waals surface area contributed by atoms with Gasteiger partial charge in [-0.1, -0.05) is 6.07 Å². The van der Waals surface area contributed by atoms with Gasteiger partial charge in [0.05, 0.1) is 6.10 Å². The minimum Gasteiger partial charge on any atom is -0.461 e. The molecule has 1 aromatic carbocycles. The highest BCUT2D eigenvalue weighted by Gasteiger charge is 2.57. The predicted octanol–water partition coefficient (Wildman–Crippen LogP) is 3.27. The van der Waals surface area contributed by atoms with E-state index in [0.29, 0.717) is 17.2 Å². The highest BCUT2D eigenvalue weighted by Crippen LogP contribution is 2.42. The molecule has 0 saturated carbocycles. The molecule has 27 heavy (non-hydrogen) atoms. The summed E-state index contributed by atoms with van der Waals surface area (Å²) < 4.78 is 21.6. The third-order valence-corrected chi connectivity index (χ3v) is 5.34. The van der Waals surface area contributed by atoms with Crippen LogP contribution in [0, 0.1) is 0 Å². The second-order valence-corrected chi connectivity index (χ2v) is 7.65. The zero-order chi connectivity index (χ0) is 19.0. The van der Waals surface area contributed by atoms with Gasteiger partial charge in [-0.2, -0.15) is 0 Å². The largest absolute Gasteiger partial charge is 0.461 e. The van der Waals surface area contributed by atoms with Crippen LogP contribution in [0.2, 0.25) is 0 Å². The lowest BCUT2D eigenvalue weighted by atomic mass is 9.93. The number of esters is 2. The van der Waals surface area contributed by atoms with E-state index in [-0.39, 0.29) is 19.3 Å². The van der Waals surface area contributed by atoms with Crippen LogP contribution in [0.3, 0.4) is 0 Å². The summed E-state index contributed by atoms with van der Waals surface area (Å²) in [6.45, 7) is 3.62. The molecule has 8 heteroatoms. The van der Waals surface area contributed by atoms with Gasteiger partial charge in [0.25, 0.3) is 0 Å². The van der Waals surface area contributed by atoms with E-state index in [9.17, 15) is 9.59 Å². The Balaban J connectivity index is 1.66. The molecule has 2 aliphatic heterocycles. The Morgan fingerprint density at radius 2 is 2.11 bits per heavy atom. The van der Waals surface area contributed by atoms with Gasteiger partial charge >= 0.3 is 11.9 Å². The average Bonchev–Trinajstić information content (AvgIpc) is 3.34. The Bertz CT molecular complexity index is 865. The summed E-state index contributed by atoms with van der Waals surface area (Å²) in [5, 5.41) is 4.95. The molecule has 1 N–H and O–H groups in total. The number of hydrogen-bond donors (Lipinski definition) is 1. The highest BCUT2D eigenvalue weighted by atomic mass is 32.1. The van der Waals surface area contributed by atoms with E-state index in [1.54, 1.807) is 32.0 Å². The molecule has 3 heterocycles. The predicted molar refractivity (Wildman–Crippen MR) is 97.9 cm³/mol. The van der Waals surface area contributed by atoms with Gasteiger partial charge in [-0.25, -0.2) is 9.59 Å². The first-order chi connectivity index (χ1) is 13.0. The molecule has 4 rings (SSSR count). The molecule has 0 spiro atoms. The Hall–Kier alpha value is -2.74. The maximum atomic E-state index is 12.9. The molecule has 7 nitrogen and oxygen atoms in total. The van der Waals surface area contributed by atoms with Crippen molar-refractivity contribution in [2.75, 3.05) is 12.1 Å². The van der Waals surface area contributed by atoms with Crippen molar-refractivity contribution < 1.29 is 28.5 Å². The van der Waals surface area contributed by atoms with Crippen LogP contribution < -0.4 is 14.8 Å². The van der Waals surface area contributed by atoms with Gasteiger partial charge in [-0.05, 0) is 37.4 Å². The number of fused-ring (bicyclic) bond motifs is 1. The van der Waals surface area contributed by atoms with E-state index in [2.05, 4.69) is 5.32 Å². The Morgan fingerprint density at radius 3 is 2.85 bits per heavy atom. The Kier molecular flexibility index (Phi) is 4.43. The van der Waals surface area contributed by atoms with Gasteiger partial charge < -0.3 is 24.3 Å². The smallest absolute Gasteiger partial charge is 0.344 e. The topological polar surface area (TPSA) is 83.1 Å². The number of benzene rings is 1. The molecule has 1 fully saturated rings. The van der Waals surface area contributed by atoms with Crippen molar-refractivity contribution in [3.63, 3.8) is 0 Å². The quantitative estimate of drug-likeness (QED) is 0.621. The SMILES string of the molecule is CC(C)OC(=O)[C@]1(Nc2ccc3c(c2)OCO3)C[C@H](c2cccs2)OC1=O. The van der Waals surface area contributed by atoms with E-state index in [0.717, 1.165) is 4.88 Å². The maximum absolute atomic E-state index is 12.9. The first-order valence-corrected chi connectivity index (χ1v) is 9.49. The van der Waals surface area contributed by atoms with Crippen LogP contribution in [0.5, 0.6) is 11.5 Å². The summed E-state index contributed by atoms with van der Waals surface area (Å²) in [6, 6.07) is 8.91. The van der Waals surface area contributed by atoms with E-state index >= 15 is 0 Å². The van der Waals surface area contributed by atoms with Crippen LogP contribution in [0.4, 0.5) is 5.69 Å². The van der Waals surface area contributed by atoms with E-state index in [1.807, 2.05) is 17.5 Å². The van der Waals surface area contributed by atoms with E-state index in [1.165, 1.54) is 11.3 Å². The van der Waals surface area contributed by atoms with Crippen LogP contribution in [0.25, 0.3) is 0 Å². The molecule has 2 aliphatic rings. The Morgan fingerprint density at radius 1 is 1.30 bits per heavy atom. The summed E-state index contributed by atoms with van der Waals surface area (Å²) in [5.41, 5.74) is -1.07. The minimum absolute atomic E-state index is 0.141. The van der Waals surface area contributed by atoms with Crippen LogP contribution in [-0.2, 0) is 19.1 Å². The summed E-state index contributed by atoms with van der Waals surface area (Å²) in [4.78, 5) is 26.6. The first kappa shape index (κ1) is 17.7. The van der Waals surface area contributed by atoms with Crippen LogP contribution in [0.1, 0.15) is 31.2 Å². The normalized spacial score (nSPS) is 23.4. The van der Waals surface area contributed by atoms with Crippen LogP contribution >= 0.6 is 11.3 Å². The number of carbonyl (C=O) groups is 2. The molecule has 2 aromatic rings. The fourth-order valence-corrected chi connectivity index (χ4v) is 3.88. The van der Waals surface area contributed by atoms with Gasteiger partial charge in [-0.15, -0.1) is 11.3 Å². The molecule has 142 valence electrons. The lowest BCUT2D eigenvalue weighted by Gasteiger charge is -2.26. The zero-order valence-electron chi connectivity index (χ0n) is 14.9. The molecular formula is C19H19NO6S. The lowest BCUT2D eigenvalue weighted by molar-refractivity contribution is -0.159. The number of hydrogen-bond acceptors (Lipinski definition) is 8. The van der Waals surface area contributed by atoms with Gasteiger partial charge in [0.15, 0.2) is 11.5 Å². The molecule has 0 unspecified atom stereocenters. The Labute approximate surface area is 160 Å². The third-order valence-electron chi connectivity index (χ3n) is 4.37. The molecule has 2 atom stereocenters. The summed E-state index contributed by atoms with van der Waals surface area (Å²) in [6.07, 6.45) is -0.716. The first-order valence-electron chi connectivity index (χ1n) is 8.61. The second kappa shape index (κ2) is 6.77. The number of rotatable bonds is 5. The summed E-state index contributed by atoms with van der Waals surface area (Å²) in [7, 11) is 0. The number of ether oxygens (including phenoxy) is 4. The van der Waals surface area contributed by atoms with Gasteiger partial charge in [0.1, 0.15) is 6.10 Å². The second-order valence-electron chi connectivity index (χ2n) is 6.67. The molecule has 0 amide bonds. The van der Waals surface area contributed by atoms with Crippen LogP contribution in [0.15, 0.2) is 35.7 Å². The van der Waals surface area contributed by atoms with Gasteiger partial charge in [0.2, 0.25) is 12.3 Å². The zero-order valence-corrected chi connectivity index (χ0v) is 15.7. The fourth-order valence-electron chi connectivity index (χ4n) is 3.12. The maximum Gasteiger partial charge on any atom is 0.344 e. The number of thiophene rings is 1. The van der Waals surface area contributed by atoms with Gasteiger partial charge in [0, 0.05) is 23.1 Å². The summed E-state index contributed by atoms with van der Waals surface area (Å²) >= 11 is 1.48. The van der Waals surface area contributed by atoms with Crippen molar-refractivity contribution in [3.05, 3.63) is 40.6 Å². The fraction of sp³-hybridized carbons (Fsp3) is 0.368. The van der Waals surface area contributed by atoms with Crippen molar-refractivity contribution in [2.24, 2.45) is 0 Å². The van der Waals surface area contributed by atoms with Crippen molar-refractivity contribution in [1.29, 1.82) is 0 Å². The number of anilines is 1. The van der Waals surface area contributed by atoms with E-state index in [4.69, 9.17) is 18.9 Å². The minimum atomic E-state index is -1.62. The van der Waals surface area contributed by atoms with Crippen molar-refractivity contribution in [2.45, 2.75) is 38.0 Å². The van der Waals surface area contributed by atoms with Crippen LogP contribution in [-0.4, -0.2) is 30.4 Å². The number of cyclic esters (lactones) is 1. The van der Waals surface area contributed by atoms with Crippen molar-refractivity contribution in [1.82, 2.24) is 0 Å². The molecule has 0 aliphatic carbocycles. The standard InChI is InChI=1S/C19H19NO6S/c1-11(2)25-17(21)19(9-15(26-18(19)22)16-4-3-7-27-16)20-12-5-6-13-14(8-12)24-10-23-13/h3-8,11,15,20H,9-10H2,1-2H3/t15-,19-/m1/s1.